The molecule has 0 radical (unpaired) electrons. The van der Waals surface area contributed by atoms with Gasteiger partial charge in [0.1, 0.15) is 17.3 Å². The summed E-state index contributed by atoms with van der Waals surface area (Å²) >= 11 is 3.46. The highest BCUT2D eigenvalue weighted by Crippen LogP contribution is 2.29. The summed E-state index contributed by atoms with van der Waals surface area (Å²) in [5.41, 5.74) is 2.52. The fraction of sp³-hybridized carbons (Fsp3) is 0. The quantitative estimate of drug-likeness (QED) is 0.533. The standard InChI is InChI=1S/C16H8BrN3O/c17-9-5-6-10-12(8-18)15-19-16(21)11-3-1-2-4-13(11)20(15)14(10)7-9/h1-7H,(H,19,21). The van der Waals surface area contributed by atoms with Crippen LogP contribution >= 0.6 is 15.9 Å². The number of aromatic nitrogens is 2. The highest BCUT2D eigenvalue weighted by Gasteiger charge is 2.15. The number of aromatic amines is 1. The Kier molecular flexibility index (Phi) is 2.44. The third-order valence-electron chi connectivity index (χ3n) is 3.66. The molecule has 0 atom stereocenters. The Bertz CT molecular complexity index is 1130. The number of para-hydroxylation sites is 1. The smallest absolute Gasteiger partial charge is 0.258 e. The van der Waals surface area contributed by atoms with E-state index in [1.165, 1.54) is 0 Å². The lowest BCUT2D eigenvalue weighted by Gasteiger charge is -2.03. The number of nitrogens with one attached hydrogen (secondary N) is 1. The molecule has 0 aliphatic heterocycles. The number of hydrogen-bond donors (Lipinski definition) is 1. The van der Waals surface area contributed by atoms with E-state index in [0.29, 0.717) is 16.6 Å². The van der Waals surface area contributed by atoms with Gasteiger partial charge in [0, 0.05) is 9.86 Å². The van der Waals surface area contributed by atoms with Gasteiger partial charge in [0.2, 0.25) is 0 Å². The Morgan fingerprint density at radius 2 is 1.90 bits per heavy atom. The van der Waals surface area contributed by atoms with Gasteiger partial charge in [-0.05, 0) is 24.3 Å². The summed E-state index contributed by atoms with van der Waals surface area (Å²) in [7, 11) is 0. The second-order valence-electron chi connectivity index (χ2n) is 4.80. The van der Waals surface area contributed by atoms with E-state index in [0.717, 1.165) is 20.9 Å². The Labute approximate surface area is 127 Å². The van der Waals surface area contributed by atoms with Gasteiger partial charge in [0.05, 0.1) is 16.4 Å². The van der Waals surface area contributed by atoms with E-state index in [-0.39, 0.29) is 5.56 Å². The predicted octanol–water partition coefficient (Wildman–Crippen LogP) is 3.57. The average molecular weight is 338 g/mol. The molecule has 100 valence electrons. The van der Waals surface area contributed by atoms with Gasteiger partial charge in [-0.3, -0.25) is 9.20 Å². The molecule has 0 spiro atoms. The van der Waals surface area contributed by atoms with E-state index in [4.69, 9.17) is 0 Å². The van der Waals surface area contributed by atoms with Gasteiger partial charge < -0.3 is 4.98 Å². The van der Waals surface area contributed by atoms with Crippen LogP contribution in [-0.2, 0) is 0 Å². The highest BCUT2D eigenvalue weighted by molar-refractivity contribution is 9.10. The lowest BCUT2D eigenvalue weighted by molar-refractivity contribution is 1.19. The van der Waals surface area contributed by atoms with Crippen molar-refractivity contribution in [3.63, 3.8) is 0 Å². The van der Waals surface area contributed by atoms with Crippen molar-refractivity contribution >= 4 is 43.4 Å². The normalized spacial score (nSPS) is 11.2. The second kappa shape index (κ2) is 4.21. The van der Waals surface area contributed by atoms with Gasteiger partial charge in [-0.15, -0.1) is 0 Å². The summed E-state index contributed by atoms with van der Waals surface area (Å²) in [6.07, 6.45) is 0. The molecule has 2 aromatic carbocycles. The largest absolute Gasteiger partial charge is 0.306 e. The van der Waals surface area contributed by atoms with Crippen LogP contribution in [0, 0.1) is 11.3 Å². The molecule has 5 heteroatoms. The minimum Gasteiger partial charge on any atom is -0.306 e. The van der Waals surface area contributed by atoms with Crippen molar-refractivity contribution in [2.45, 2.75) is 0 Å². The third kappa shape index (κ3) is 1.57. The van der Waals surface area contributed by atoms with E-state index in [1.807, 2.05) is 40.8 Å². The maximum Gasteiger partial charge on any atom is 0.258 e. The van der Waals surface area contributed by atoms with E-state index in [1.54, 1.807) is 6.07 Å². The summed E-state index contributed by atoms with van der Waals surface area (Å²) in [5, 5.41) is 10.9. The lowest BCUT2D eigenvalue weighted by Crippen LogP contribution is -2.09. The molecule has 0 unspecified atom stereocenters. The molecule has 4 rings (SSSR count). The maximum absolute atomic E-state index is 12.2. The van der Waals surface area contributed by atoms with Crippen molar-refractivity contribution in [1.82, 2.24) is 9.38 Å². The summed E-state index contributed by atoms with van der Waals surface area (Å²) < 4.78 is 2.85. The lowest BCUT2D eigenvalue weighted by atomic mass is 10.2. The number of rotatable bonds is 0. The van der Waals surface area contributed by atoms with E-state index in [2.05, 4.69) is 27.0 Å². The fourth-order valence-corrected chi connectivity index (χ4v) is 3.13. The monoisotopic (exact) mass is 337 g/mol. The maximum atomic E-state index is 12.2. The minimum atomic E-state index is -0.184. The van der Waals surface area contributed by atoms with E-state index in [9.17, 15) is 10.1 Å². The van der Waals surface area contributed by atoms with Crippen LogP contribution < -0.4 is 5.56 Å². The third-order valence-corrected chi connectivity index (χ3v) is 4.16. The molecule has 0 aliphatic rings. The fourth-order valence-electron chi connectivity index (χ4n) is 2.78. The summed E-state index contributed by atoms with van der Waals surface area (Å²) in [5.74, 6) is 0. The number of fused-ring (bicyclic) bond motifs is 5. The minimum absolute atomic E-state index is 0.184. The van der Waals surface area contributed by atoms with Crippen molar-refractivity contribution in [2.75, 3.05) is 0 Å². The molecule has 21 heavy (non-hydrogen) atoms. The first-order valence-electron chi connectivity index (χ1n) is 6.35. The van der Waals surface area contributed by atoms with Crippen LogP contribution in [0.2, 0.25) is 0 Å². The Morgan fingerprint density at radius 1 is 1.10 bits per heavy atom. The Hall–Kier alpha value is -2.58. The number of benzene rings is 2. The SMILES string of the molecule is N#Cc1c2ccc(Br)cc2n2c1[nH]c(=O)c1ccccc12. The molecule has 0 bridgehead atoms. The van der Waals surface area contributed by atoms with Crippen molar-refractivity contribution in [3.8, 4) is 6.07 Å². The zero-order chi connectivity index (χ0) is 14.6. The van der Waals surface area contributed by atoms with Crippen LogP contribution in [0.5, 0.6) is 0 Å². The first kappa shape index (κ1) is 12.2. The molecule has 2 aromatic heterocycles. The van der Waals surface area contributed by atoms with Crippen LogP contribution in [0.25, 0.3) is 27.5 Å². The summed E-state index contributed by atoms with van der Waals surface area (Å²) in [6.45, 7) is 0. The van der Waals surface area contributed by atoms with Gasteiger partial charge in [-0.2, -0.15) is 5.26 Å². The van der Waals surface area contributed by atoms with Gasteiger partial charge in [0.15, 0.2) is 0 Å². The van der Waals surface area contributed by atoms with E-state index >= 15 is 0 Å². The van der Waals surface area contributed by atoms with Crippen molar-refractivity contribution in [1.29, 1.82) is 5.26 Å². The molecule has 2 heterocycles. The summed E-state index contributed by atoms with van der Waals surface area (Å²) in [4.78, 5) is 15.0. The van der Waals surface area contributed by atoms with Crippen LogP contribution in [0.3, 0.4) is 0 Å². The molecule has 4 nitrogen and oxygen atoms in total. The van der Waals surface area contributed by atoms with Crippen LogP contribution in [0.4, 0.5) is 0 Å². The van der Waals surface area contributed by atoms with Gasteiger partial charge >= 0.3 is 0 Å². The van der Waals surface area contributed by atoms with E-state index < -0.39 is 0 Å². The van der Waals surface area contributed by atoms with Crippen molar-refractivity contribution in [2.24, 2.45) is 0 Å². The zero-order valence-corrected chi connectivity index (χ0v) is 12.3. The first-order valence-corrected chi connectivity index (χ1v) is 7.15. The molecule has 0 amide bonds. The van der Waals surface area contributed by atoms with Crippen molar-refractivity contribution < 1.29 is 0 Å². The predicted molar refractivity (Wildman–Crippen MR) is 85.4 cm³/mol. The number of nitriles is 1. The number of halogens is 1. The van der Waals surface area contributed by atoms with Crippen LogP contribution in [-0.4, -0.2) is 9.38 Å². The first-order chi connectivity index (χ1) is 10.2. The van der Waals surface area contributed by atoms with Gasteiger partial charge in [-0.25, -0.2) is 0 Å². The van der Waals surface area contributed by atoms with Gasteiger partial charge in [-0.1, -0.05) is 34.1 Å². The number of hydrogen-bond acceptors (Lipinski definition) is 2. The average Bonchev–Trinajstić information content (AvgIpc) is 2.80. The topological polar surface area (TPSA) is 61.1 Å². The molecular weight excluding hydrogens is 330 g/mol. The van der Waals surface area contributed by atoms with Gasteiger partial charge in [0.25, 0.3) is 5.56 Å². The molecule has 0 saturated heterocycles. The molecular formula is C16H8BrN3O. The second-order valence-corrected chi connectivity index (χ2v) is 5.72. The van der Waals surface area contributed by atoms with Crippen LogP contribution in [0.15, 0.2) is 51.7 Å². The zero-order valence-electron chi connectivity index (χ0n) is 10.7. The highest BCUT2D eigenvalue weighted by atomic mass is 79.9. The molecule has 4 aromatic rings. The Morgan fingerprint density at radius 3 is 2.71 bits per heavy atom. The van der Waals surface area contributed by atoms with Crippen LogP contribution in [0.1, 0.15) is 5.56 Å². The Balaban J connectivity index is 2.45. The molecule has 0 fully saturated rings. The molecule has 0 saturated carbocycles. The van der Waals surface area contributed by atoms with Crippen molar-refractivity contribution in [3.05, 3.63) is 62.9 Å². The number of nitrogens with zero attached hydrogens (tertiary/aromatic N) is 2. The molecule has 0 aliphatic carbocycles. The molecule has 1 N–H and O–H groups in total. The number of H-pyrrole nitrogens is 1. The summed E-state index contributed by atoms with van der Waals surface area (Å²) in [6, 6.07) is 15.3.